The molecule has 0 N–H and O–H groups in total. The molecule has 0 aromatic heterocycles. The Morgan fingerprint density at radius 2 is 1.92 bits per heavy atom. The quantitative estimate of drug-likeness (QED) is 0.607. The molecule has 13 heavy (non-hydrogen) atoms. The van der Waals surface area contributed by atoms with E-state index in [0.717, 1.165) is 6.42 Å². The van der Waals surface area contributed by atoms with Gasteiger partial charge in [0.15, 0.2) is 5.78 Å². The van der Waals surface area contributed by atoms with Crippen molar-refractivity contribution >= 4 is 5.78 Å². The highest BCUT2D eigenvalue weighted by Gasteiger charge is 2.16. The zero-order valence-corrected chi connectivity index (χ0v) is 9.55. The van der Waals surface area contributed by atoms with E-state index in [2.05, 4.69) is 27.7 Å². The van der Waals surface area contributed by atoms with Crippen molar-refractivity contribution in [3.8, 4) is 0 Å². The normalized spacial score (nSPS) is 14.8. The zero-order chi connectivity index (χ0) is 10.5. The lowest BCUT2D eigenvalue weighted by atomic mass is 9.83. The summed E-state index contributed by atoms with van der Waals surface area (Å²) < 4.78 is 0. The molecular formula is C12H22O. The fraction of sp³-hybridized carbons (Fsp3) is 0.750. The Labute approximate surface area is 82.2 Å². The predicted octanol–water partition coefficient (Wildman–Crippen LogP) is 3.59. The van der Waals surface area contributed by atoms with Crippen LogP contribution in [-0.2, 0) is 4.79 Å². The zero-order valence-electron chi connectivity index (χ0n) is 9.55. The number of ketones is 1. The number of carbonyl (C=O) groups is 1. The molecule has 0 heterocycles. The summed E-state index contributed by atoms with van der Waals surface area (Å²) >= 11 is 0. The molecule has 0 saturated heterocycles. The van der Waals surface area contributed by atoms with Crippen molar-refractivity contribution in [1.29, 1.82) is 0 Å². The summed E-state index contributed by atoms with van der Waals surface area (Å²) in [5, 5.41) is 0. The minimum atomic E-state index is 0.249. The highest BCUT2D eigenvalue weighted by Crippen LogP contribution is 2.25. The second kappa shape index (κ2) is 5.21. The van der Waals surface area contributed by atoms with Crippen LogP contribution in [0.3, 0.4) is 0 Å². The Balaban J connectivity index is 3.88. The van der Waals surface area contributed by atoms with E-state index < -0.39 is 0 Å². The molecule has 0 spiro atoms. The number of hydrogen-bond acceptors (Lipinski definition) is 1. The van der Waals surface area contributed by atoms with Gasteiger partial charge < -0.3 is 0 Å². The van der Waals surface area contributed by atoms with Crippen molar-refractivity contribution in [2.45, 2.75) is 47.5 Å². The van der Waals surface area contributed by atoms with Gasteiger partial charge in [0, 0.05) is 6.42 Å². The van der Waals surface area contributed by atoms with E-state index in [4.69, 9.17) is 0 Å². The van der Waals surface area contributed by atoms with Crippen LogP contribution in [-0.4, -0.2) is 5.78 Å². The molecule has 1 atom stereocenters. The van der Waals surface area contributed by atoms with Crippen LogP contribution in [0.1, 0.15) is 47.5 Å². The first-order chi connectivity index (χ1) is 5.85. The fourth-order valence-electron chi connectivity index (χ4n) is 1.71. The summed E-state index contributed by atoms with van der Waals surface area (Å²) in [5.74, 6) is 0.739. The van der Waals surface area contributed by atoms with Crippen LogP contribution in [0.2, 0.25) is 0 Å². The highest BCUT2D eigenvalue weighted by atomic mass is 16.1. The first-order valence-electron chi connectivity index (χ1n) is 5.00. The smallest absolute Gasteiger partial charge is 0.155 e. The second-order valence-corrected chi connectivity index (χ2v) is 5.04. The molecule has 0 fully saturated rings. The molecular weight excluding hydrogens is 160 g/mol. The van der Waals surface area contributed by atoms with E-state index in [1.165, 1.54) is 0 Å². The first kappa shape index (κ1) is 12.4. The Morgan fingerprint density at radius 1 is 1.38 bits per heavy atom. The Hall–Kier alpha value is -0.590. The molecule has 0 aromatic rings. The molecule has 0 aliphatic rings. The van der Waals surface area contributed by atoms with E-state index in [1.807, 2.05) is 13.0 Å². The molecule has 0 amide bonds. The van der Waals surface area contributed by atoms with Crippen LogP contribution in [0.15, 0.2) is 12.2 Å². The van der Waals surface area contributed by atoms with Crippen LogP contribution in [0.5, 0.6) is 0 Å². The molecule has 0 radical (unpaired) electrons. The Kier molecular flexibility index (Phi) is 4.97. The van der Waals surface area contributed by atoms with Gasteiger partial charge in [-0.2, -0.15) is 0 Å². The van der Waals surface area contributed by atoms with Gasteiger partial charge in [0.1, 0.15) is 0 Å². The van der Waals surface area contributed by atoms with Gasteiger partial charge in [0.05, 0.1) is 0 Å². The van der Waals surface area contributed by atoms with Crippen molar-refractivity contribution in [3.05, 3.63) is 12.2 Å². The monoisotopic (exact) mass is 182 g/mol. The lowest BCUT2D eigenvalue weighted by molar-refractivity contribution is -0.115. The predicted molar refractivity (Wildman–Crippen MR) is 57.7 cm³/mol. The third-order valence-electron chi connectivity index (χ3n) is 1.86. The molecule has 76 valence electrons. The third-order valence-corrected chi connectivity index (χ3v) is 1.86. The molecule has 0 aliphatic heterocycles. The maximum atomic E-state index is 11.3. The number of carbonyl (C=O) groups excluding carboxylic acids is 1. The molecule has 0 aliphatic carbocycles. The number of allylic oxidation sites excluding steroid dienone is 2. The minimum absolute atomic E-state index is 0.249. The average Bonchev–Trinajstić information content (AvgIpc) is 1.81. The number of hydrogen-bond donors (Lipinski definition) is 0. The standard InChI is InChI=1S/C12H22O/c1-6-7-11(13)8-10(2)9-12(3,4)5/h6-7,10H,8-9H2,1-5H3. The van der Waals surface area contributed by atoms with Gasteiger partial charge in [0.2, 0.25) is 0 Å². The van der Waals surface area contributed by atoms with Gasteiger partial charge >= 0.3 is 0 Å². The summed E-state index contributed by atoms with van der Waals surface area (Å²) in [6.07, 6.45) is 5.27. The highest BCUT2D eigenvalue weighted by molar-refractivity contribution is 5.89. The van der Waals surface area contributed by atoms with E-state index in [1.54, 1.807) is 6.08 Å². The van der Waals surface area contributed by atoms with Crippen molar-refractivity contribution in [2.24, 2.45) is 11.3 Å². The maximum Gasteiger partial charge on any atom is 0.155 e. The lowest BCUT2D eigenvalue weighted by Crippen LogP contribution is -2.13. The van der Waals surface area contributed by atoms with Gasteiger partial charge in [-0.1, -0.05) is 33.8 Å². The number of rotatable bonds is 4. The Morgan fingerprint density at radius 3 is 2.31 bits per heavy atom. The largest absolute Gasteiger partial charge is 0.295 e. The Bertz CT molecular complexity index is 184. The molecule has 0 bridgehead atoms. The van der Waals surface area contributed by atoms with Crippen molar-refractivity contribution in [3.63, 3.8) is 0 Å². The van der Waals surface area contributed by atoms with Crippen LogP contribution in [0.4, 0.5) is 0 Å². The average molecular weight is 182 g/mol. The molecule has 1 nitrogen and oxygen atoms in total. The summed E-state index contributed by atoms with van der Waals surface area (Å²) in [6, 6.07) is 0. The molecule has 0 aromatic carbocycles. The van der Waals surface area contributed by atoms with Gasteiger partial charge in [-0.25, -0.2) is 0 Å². The van der Waals surface area contributed by atoms with Crippen LogP contribution >= 0.6 is 0 Å². The SMILES string of the molecule is CC=CC(=O)CC(C)CC(C)(C)C. The fourth-order valence-corrected chi connectivity index (χ4v) is 1.71. The van der Waals surface area contributed by atoms with Crippen LogP contribution in [0.25, 0.3) is 0 Å². The van der Waals surface area contributed by atoms with Crippen LogP contribution in [0, 0.1) is 11.3 Å². The maximum absolute atomic E-state index is 11.3. The first-order valence-corrected chi connectivity index (χ1v) is 5.00. The van der Waals surface area contributed by atoms with Crippen LogP contribution < -0.4 is 0 Å². The third kappa shape index (κ3) is 7.76. The van der Waals surface area contributed by atoms with Gasteiger partial charge in [-0.15, -0.1) is 0 Å². The lowest BCUT2D eigenvalue weighted by Gasteiger charge is -2.22. The molecule has 0 rings (SSSR count). The van der Waals surface area contributed by atoms with Gasteiger partial charge in [-0.05, 0) is 30.8 Å². The summed E-state index contributed by atoms with van der Waals surface area (Å²) in [6.45, 7) is 10.7. The molecule has 1 heteroatoms. The van der Waals surface area contributed by atoms with E-state index in [9.17, 15) is 4.79 Å². The summed E-state index contributed by atoms with van der Waals surface area (Å²) in [7, 11) is 0. The van der Waals surface area contributed by atoms with E-state index in [-0.39, 0.29) is 5.78 Å². The summed E-state index contributed by atoms with van der Waals surface area (Å²) in [4.78, 5) is 11.3. The van der Waals surface area contributed by atoms with Crippen molar-refractivity contribution in [1.82, 2.24) is 0 Å². The summed E-state index contributed by atoms with van der Waals surface area (Å²) in [5.41, 5.74) is 0.329. The van der Waals surface area contributed by atoms with E-state index in [0.29, 0.717) is 17.8 Å². The molecule has 0 saturated carbocycles. The van der Waals surface area contributed by atoms with Gasteiger partial charge in [-0.3, -0.25) is 4.79 Å². The van der Waals surface area contributed by atoms with E-state index >= 15 is 0 Å². The van der Waals surface area contributed by atoms with Crippen molar-refractivity contribution < 1.29 is 4.79 Å². The molecule has 1 unspecified atom stereocenters. The minimum Gasteiger partial charge on any atom is -0.295 e. The topological polar surface area (TPSA) is 17.1 Å². The van der Waals surface area contributed by atoms with Gasteiger partial charge in [0.25, 0.3) is 0 Å². The second-order valence-electron chi connectivity index (χ2n) is 5.04. The van der Waals surface area contributed by atoms with Crippen molar-refractivity contribution in [2.75, 3.05) is 0 Å².